The van der Waals surface area contributed by atoms with Gasteiger partial charge in [0.2, 0.25) is 5.91 Å². The minimum atomic E-state index is -4.60. The summed E-state index contributed by atoms with van der Waals surface area (Å²) in [7, 11) is 0. The van der Waals surface area contributed by atoms with Crippen LogP contribution < -0.4 is 5.32 Å². The minimum Gasteiger partial charge on any atom is -0.478 e. The van der Waals surface area contributed by atoms with Crippen molar-refractivity contribution < 1.29 is 27.9 Å². The van der Waals surface area contributed by atoms with Crippen molar-refractivity contribution in [2.24, 2.45) is 0 Å². The Labute approximate surface area is 110 Å². The Balaban J connectivity index is 3.01. The number of amides is 1. The third kappa shape index (κ3) is 4.13. The fourth-order valence-electron chi connectivity index (χ4n) is 1.24. The molecule has 0 aliphatic carbocycles. The smallest absolute Gasteiger partial charge is 0.416 e. The Kier molecular flexibility index (Phi) is 4.48. The van der Waals surface area contributed by atoms with Crippen molar-refractivity contribution in [1.82, 2.24) is 0 Å². The molecule has 0 spiro atoms. The third-order valence-corrected chi connectivity index (χ3v) is 2.10. The summed E-state index contributed by atoms with van der Waals surface area (Å²) in [6, 6.07) is 3.75. The standard InChI is InChI=1S/C12H7F3N2O3/c13-12(14,15)8-1-2-9(7(5-8)6-16)17-10(18)3-4-11(19)20/h1-5H,(H,17,18)(H,19,20)/b4-3+. The predicted octanol–water partition coefficient (Wildman–Crippen LogP) is 2.16. The first-order chi connectivity index (χ1) is 9.24. The third-order valence-electron chi connectivity index (χ3n) is 2.10. The lowest BCUT2D eigenvalue weighted by Gasteiger charge is -2.09. The monoisotopic (exact) mass is 284 g/mol. The Hall–Kier alpha value is -2.82. The Morgan fingerprint density at radius 2 is 1.95 bits per heavy atom. The van der Waals surface area contributed by atoms with E-state index in [1.165, 1.54) is 6.07 Å². The van der Waals surface area contributed by atoms with Gasteiger partial charge in [-0.25, -0.2) is 4.79 Å². The number of halogens is 3. The number of nitrogens with zero attached hydrogens (tertiary/aromatic N) is 1. The van der Waals surface area contributed by atoms with Crippen molar-refractivity contribution in [3.05, 3.63) is 41.5 Å². The summed E-state index contributed by atoms with van der Waals surface area (Å²) >= 11 is 0. The van der Waals surface area contributed by atoms with Crippen molar-refractivity contribution in [2.75, 3.05) is 5.32 Å². The summed E-state index contributed by atoms with van der Waals surface area (Å²) < 4.78 is 37.3. The molecule has 20 heavy (non-hydrogen) atoms. The van der Waals surface area contributed by atoms with Gasteiger partial charge in [-0.05, 0) is 18.2 Å². The van der Waals surface area contributed by atoms with E-state index in [0.29, 0.717) is 24.3 Å². The second-order valence-electron chi connectivity index (χ2n) is 3.53. The summed E-state index contributed by atoms with van der Waals surface area (Å²) in [6.07, 6.45) is -3.36. The first-order valence-corrected chi connectivity index (χ1v) is 5.07. The van der Waals surface area contributed by atoms with Crippen LogP contribution in [0.5, 0.6) is 0 Å². The molecule has 0 aliphatic heterocycles. The molecule has 1 rings (SSSR count). The number of carboxylic acid groups (broad SMARTS) is 1. The second-order valence-corrected chi connectivity index (χ2v) is 3.53. The van der Waals surface area contributed by atoms with E-state index in [2.05, 4.69) is 5.32 Å². The fraction of sp³-hybridized carbons (Fsp3) is 0.0833. The Bertz CT molecular complexity index is 615. The highest BCUT2D eigenvalue weighted by Crippen LogP contribution is 2.31. The second kappa shape index (κ2) is 5.88. The highest BCUT2D eigenvalue weighted by molar-refractivity contribution is 6.02. The molecule has 2 N–H and O–H groups in total. The lowest BCUT2D eigenvalue weighted by Crippen LogP contribution is -2.11. The number of nitriles is 1. The van der Waals surface area contributed by atoms with Gasteiger partial charge in [0.25, 0.3) is 0 Å². The van der Waals surface area contributed by atoms with Crippen LogP contribution in [0.1, 0.15) is 11.1 Å². The SMILES string of the molecule is N#Cc1cc(C(F)(F)F)ccc1NC(=O)/C=C/C(=O)O. The molecule has 0 bridgehead atoms. The number of alkyl halides is 3. The van der Waals surface area contributed by atoms with Gasteiger partial charge in [0.15, 0.2) is 0 Å². The van der Waals surface area contributed by atoms with Crippen LogP contribution in [0.25, 0.3) is 0 Å². The fourth-order valence-corrected chi connectivity index (χ4v) is 1.24. The zero-order chi connectivity index (χ0) is 15.3. The minimum absolute atomic E-state index is 0.138. The number of carboxylic acids is 1. The molecular formula is C12H7F3N2O3. The van der Waals surface area contributed by atoms with Gasteiger partial charge in [-0.3, -0.25) is 4.79 Å². The quantitative estimate of drug-likeness (QED) is 0.832. The average Bonchev–Trinajstić information content (AvgIpc) is 2.35. The number of hydrogen-bond donors (Lipinski definition) is 2. The summed E-state index contributed by atoms with van der Waals surface area (Å²) in [5, 5.41) is 19.2. The van der Waals surface area contributed by atoms with E-state index < -0.39 is 23.6 Å². The van der Waals surface area contributed by atoms with Crippen LogP contribution in [-0.4, -0.2) is 17.0 Å². The maximum atomic E-state index is 12.4. The molecular weight excluding hydrogens is 277 g/mol. The van der Waals surface area contributed by atoms with Gasteiger partial charge in [-0.1, -0.05) is 0 Å². The molecule has 0 unspecified atom stereocenters. The van der Waals surface area contributed by atoms with Crippen LogP contribution in [0.15, 0.2) is 30.4 Å². The molecule has 0 saturated heterocycles. The van der Waals surface area contributed by atoms with Crippen molar-refractivity contribution in [3.63, 3.8) is 0 Å². The molecule has 8 heteroatoms. The van der Waals surface area contributed by atoms with Gasteiger partial charge in [-0.15, -0.1) is 0 Å². The summed E-state index contributed by atoms with van der Waals surface area (Å²) in [5.74, 6) is -2.23. The van der Waals surface area contributed by atoms with Gasteiger partial charge in [-0.2, -0.15) is 18.4 Å². The lowest BCUT2D eigenvalue weighted by molar-refractivity contribution is -0.137. The largest absolute Gasteiger partial charge is 0.478 e. The van der Waals surface area contributed by atoms with Crippen molar-refractivity contribution in [2.45, 2.75) is 6.18 Å². The van der Waals surface area contributed by atoms with E-state index in [1.54, 1.807) is 0 Å². The maximum absolute atomic E-state index is 12.4. The number of nitrogens with one attached hydrogen (secondary N) is 1. The zero-order valence-corrected chi connectivity index (χ0v) is 9.73. The van der Waals surface area contributed by atoms with Crippen LogP contribution in [-0.2, 0) is 15.8 Å². The van der Waals surface area contributed by atoms with Crippen LogP contribution >= 0.6 is 0 Å². The zero-order valence-electron chi connectivity index (χ0n) is 9.73. The highest BCUT2D eigenvalue weighted by atomic mass is 19.4. The molecule has 0 atom stereocenters. The van der Waals surface area contributed by atoms with Crippen molar-refractivity contribution >= 4 is 17.6 Å². The number of aliphatic carboxylic acids is 1. The Morgan fingerprint density at radius 1 is 1.30 bits per heavy atom. The first-order valence-electron chi connectivity index (χ1n) is 5.07. The van der Waals surface area contributed by atoms with E-state index in [4.69, 9.17) is 10.4 Å². The van der Waals surface area contributed by atoms with Gasteiger partial charge < -0.3 is 10.4 Å². The lowest BCUT2D eigenvalue weighted by atomic mass is 10.1. The predicted molar refractivity (Wildman–Crippen MR) is 61.6 cm³/mol. The van der Waals surface area contributed by atoms with Gasteiger partial charge in [0.1, 0.15) is 6.07 Å². The first kappa shape index (κ1) is 15.2. The molecule has 0 heterocycles. The number of hydrogen-bond acceptors (Lipinski definition) is 3. The van der Waals surface area contributed by atoms with Gasteiger partial charge in [0.05, 0.1) is 16.8 Å². The molecule has 0 radical (unpaired) electrons. The Morgan fingerprint density at radius 3 is 2.45 bits per heavy atom. The van der Waals surface area contributed by atoms with Crippen LogP contribution in [0, 0.1) is 11.3 Å². The molecule has 1 aromatic carbocycles. The molecule has 0 saturated carbocycles. The normalized spacial score (nSPS) is 11.1. The van der Waals surface area contributed by atoms with Crippen LogP contribution in [0.3, 0.4) is 0 Å². The topological polar surface area (TPSA) is 90.2 Å². The van der Waals surface area contributed by atoms with Crippen molar-refractivity contribution in [3.8, 4) is 6.07 Å². The number of benzene rings is 1. The number of anilines is 1. The summed E-state index contributed by atoms with van der Waals surface area (Å²) in [5.41, 5.74) is -1.54. The highest BCUT2D eigenvalue weighted by Gasteiger charge is 2.31. The van der Waals surface area contributed by atoms with Gasteiger partial charge >= 0.3 is 12.1 Å². The van der Waals surface area contributed by atoms with E-state index in [1.807, 2.05) is 0 Å². The number of carbonyl (C=O) groups is 2. The summed E-state index contributed by atoms with van der Waals surface area (Å²) in [4.78, 5) is 21.5. The molecule has 104 valence electrons. The molecule has 0 aromatic heterocycles. The van der Waals surface area contributed by atoms with Gasteiger partial charge in [0, 0.05) is 12.2 Å². The molecule has 1 amide bonds. The molecule has 1 aromatic rings. The summed E-state index contributed by atoms with van der Waals surface area (Å²) in [6.45, 7) is 0. The number of rotatable bonds is 3. The van der Waals surface area contributed by atoms with E-state index in [9.17, 15) is 22.8 Å². The molecule has 5 nitrogen and oxygen atoms in total. The van der Waals surface area contributed by atoms with Crippen molar-refractivity contribution in [1.29, 1.82) is 5.26 Å². The molecule has 0 fully saturated rings. The molecule has 0 aliphatic rings. The maximum Gasteiger partial charge on any atom is 0.416 e. The van der Waals surface area contributed by atoms with E-state index in [0.717, 1.165) is 6.07 Å². The van der Waals surface area contributed by atoms with E-state index in [-0.39, 0.29) is 11.3 Å². The van der Waals surface area contributed by atoms with Crippen LogP contribution in [0.4, 0.5) is 18.9 Å². The van der Waals surface area contributed by atoms with E-state index >= 15 is 0 Å². The average molecular weight is 284 g/mol. The number of carbonyl (C=O) groups excluding carboxylic acids is 1. The van der Waals surface area contributed by atoms with Crippen LogP contribution in [0.2, 0.25) is 0 Å².